The number of aromatic amines is 1. The van der Waals surface area contributed by atoms with Crippen molar-refractivity contribution in [2.75, 3.05) is 0 Å². The molecule has 3 aromatic heterocycles. The zero-order valence-electron chi connectivity index (χ0n) is 9.87. The third-order valence-corrected chi connectivity index (χ3v) is 2.85. The van der Waals surface area contributed by atoms with Crippen molar-refractivity contribution in [3.8, 4) is 0 Å². The molecule has 0 amide bonds. The van der Waals surface area contributed by atoms with E-state index in [2.05, 4.69) is 37.5 Å². The number of pyridine rings is 2. The summed E-state index contributed by atoms with van der Waals surface area (Å²) in [4.78, 5) is 8.80. The first kappa shape index (κ1) is 10.8. The van der Waals surface area contributed by atoms with Crippen LogP contribution in [0.4, 0.5) is 0 Å². The zero-order chi connectivity index (χ0) is 12.2. The SMILES string of the molecule is c1cnc2nc(CCCc3cn[nH]n3)ccc2c1. The highest BCUT2D eigenvalue weighted by Gasteiger charge is 2.01. The van der Waals surface area contributed by atoms with E-state index in [1.54, 1.807) is 12.4 Å². The van der Waals surface area contributed by atoms with E-state index in [1.165, 1.54) is 0 Å². The minimum atomic E-state index is 0.816. The van der Waals surface area contributed by atoms with Crippen molar-refractivity contribution < 1.29 is 0 Å². The number of nitrogens with one attached hydrogen (secondary N) is 1. The molecule has 3 aromatic rings. The summed E-state index contributed by atoms with van der Waals surface area (Å²) >= 11 is 0. The molecule has 18 heavy (non-hydrogen) atoms. The molecule has 5 heteroatoms. The van der Waals surface area contributed by atoms with E-state index in [1.807, 2.05) is 12.1 Å². The van der Waals surface area contributed by atoms with Crippen LogP contribution in [0.5, 0.6) is 0 Å². The van der Waals surface area contributed by atoms with E-state index in [-0.39, 0.29) is 0 Å². The lowest BCUT2D eigenvalue weighted by atomic mass is 10.1. The summed E-state index contributed by atoms with van der Waals surface area (Å²) in [6, 6.07) is 8.08. The van der Waals surface area contributed by atoms with Crippen molar-refractivity contribution in [3.63, 3.8) is 0 Å². The number of hydrogen-bond donors (Lipinski definition) is 1. The van der Waals surface area contributed by atoms with Gasteiger partial charge in [0.1, 0.15) is 0 Å². The molecule has 0 fully saturated rings. The Bertz CT molecular complexity index is 633. The van der Waals surface area contributed by atoms with Crippen LogP contribution in [0.1, 0.15) is 17.8 Å². The van der Waals surface area contributed by atoms with Crippen LogP contribution >= 0.6 is 0 Å². The van der Waals surface area contributed by atoms with Crippen LogP contribution in [-0.4, -0.2) is 25.4 Å². The molecule has 0 aliphatic rings. The number of rotatable bonds is 4. The van der Waals surface area contributed by atoms with Crippen LogP contribution in [-0.2, 0) is 12.8 Å². The maximum absolute atomic E-state index is 4.54. The molecule has 0 aliphatic heterocycles. The van der Waals surface area contributed by atoms with E-state index in [9.17, 15) is 0 Å². The van der Waals surface area contributed by atoms with E-state index < -0.39 is 0 Å². The number of aromatic nitrogens is 5. The van der Waals surface area contributed by atoms with Crippen LogP contribution in [0.3, 0.4) is 0 Å². The Labute approximate surface area is 104 Å². The maximum atomic E-state index is 4.54. The van der Waals surface area contributed by atoms with E-state index in [0.29, 0.717) is 0 Å². The van der Waals surface area contributed by atoms with Crippen molar-refractivity contribution in [3.05, 3.63) is 48.0 Å². The molecule has 0 bridgehead atoms. The molecule has 3 heterocycles. The van der Waals surface area contributed by atoms with Crippen molar-refractivity contribution in [1.29, 1.82) is 0 Å². The quantitative estimate of drug-likeness (QED) is 0.755. The predicted molar refractivity (Wildman–Crippen MR) is 67.9 cm³/mol. The molecule has 3 rings (SSSR count). The van der Waals surface area contributed by atoms with Gasteiger partial charge in [-0.3, -0.25) is 0 Å². The van der Waals surface area contributed by atoms with Gasteiger partial charge in [-0.1, -0.05) is 0 Å². The fourth-order valence-corrected chi connectivity index (χ4v) is 1.93. The molecule has 0 saturated carbocycles. The van der Waals surface area contributed by atoms with Crippen LogP contribution in [0, 0.1) is 0 Å². The Morgan fingerprint density at radius 1 is 1.06 bits per heavy atom. The summed E-state index contributed by atoms with van der Waals surface area (Å²) in [5.41, 5.74) is 2.88. The average molecular weight is 239 g/mol. The number of H-pyrrole nitrogens is 1. The summed E-state index contributed by atoms with van der Waals surface area (Å²) in [5.74, 6) is 0. The van der Waals surface area contributed by atoms with Gasteiger partial charge < -0.3 is 0 Å². The van der Waals surface area contributed by atoms with Gasteiger partial charge in [-0.15, -0.1) is 0 Å². The fourth-order valence-electron chi connectivity index (χ4n) is 1.93. The van der Waals surface area contributed by atoms with E-state index in [4.69, 9.17) is 0 Å². The lowest BCUT2D eigenvalue weighted by Crippen LogP contribution is -1.94. The third-order valence-electron chi connectivity index (χ3n) is 2.85. The molecular formula is C13H13N5. The molecule has 0 aromatic carbocycles. The van der Waals surface area contributed by atoms with Crippen LogP contribution in [0.25, 0.3) is 11.0 Å². The van der Waals surface area contributed by atoms with Gasteiger partial charge in [0.15, 0.2) is 5.65 Å². The fraction of sp³-hybridized carbons (Fsp3) is 0.231. The van der Waals surface area contributed by atoms with E-state index >= 15 is 0 Å². The largest absolute Gasteiger partial charge is 0.237 e. The van der Waals surface area contributed by atoms with Crippen molar-refractivity contribution in [2.24, 2.45) is 0 Å². The number of nitrogens with zero attached hydrogens (tertiary/aromatic N) is 4. The number of fused-ring (bicyclic) bond motifs is 1. The highest BCUT2D eigenvalue weighted by atomic mass is 15.3. The van der Waals surface area contributed by atoms with Gasteiger partial charge in [0, 0.05) is 17.3 Å². The average Bonchev–Trinajstić information content (AvgIpc) is 2.92. The molecule has 1 N–H and O–H groups in total. The molecule has 0 unspecified atom stereocenters. The summed E-state index contributed by atoms with van der Waals surface area (Å²) < 4.78 is 0. The van der Waals surface area contributed by atoms with Gasteiger partial charge in [0.25, 0.3) is 0 Å². The molecule has 0 spiro atoms. The van der Waals surface area contributed by atoms with Gasteiger partial charge in [-0.25, -0.2) is 9.97 Å². The van der Waals surface area contributed by atoms with Crippen LogP contribution < -0.4 is 0 Å². The lowest BCUT2D eigenvalue weighted by Gasteiger charge is -2.01. The smallest absolute Gasteiger partial charge is 0.159 e. The monoisotopic (exact) mass is 239 g/mol. The summed E-state index contributed by atoms with van der Waals surface area (Å²) in [7, 11) is 0. The molecule has 0 atom stereocenters. The van der Waals surface area contributed by atoms with E-state index in [0.717, 1.165) is 41.7 Å². The summed E-state index contributed by atoms with van der Waals surface area (Å²) in [5, 5.41) is 11.5. The second-order valence-corrected chi connectivity index (χ2v) is 4.17. The molecular weight excluding hydrogens is 226 g/mol. The van der Waals surface area contributed by atoms with Gasteiger partial charge in [0.05, 0.1) is 11.9 Å². The highest BCUT2D eigenvalue weighted by Crippen LogP contribution is 2.11. The molecule has 0 aliphatic carbocycles. The Kier molecular flexibility index (Phi) is 2.96. The number of hydrogen-bond acceptors (Lipinski definition) is 4. The second-order valence-electron chi connectivity index (χ2n) is 4.17. The molecule has 0 radical (unpaired) electrons. The van der Waals surface area contributed by atoms with Crippen molar-refractivity contribution in [2.45, 2.75) is 19.3 Å². The lowest BCUT2D eigenvalue weighted by molar-refractivity contribution is 0.776. The topological polar surface area (TPSA) is 67.3 Å². The first-order chi connectivity index (χ1) is 8.92. The Morgan fingerprint density at radius 3 is 2.89 bits per heavy atom. The normalized spacial score (nSPS) is 10.9. The van der Waals surface area contributed by atoms with Gasteiger partial charge in [-0.05, 0) is 43.5 Å². The van der Waals surface area contributed by atoms with Gasteiger partial charge in [-0.2, -0.15) is 15.4 Å². The molecule has 0 saturated heterocycles. The maximum Gasteiger partial charge on any atom is 0.159 e. The standard InChI is InChI=1S/C13H13N5/c1(5-12-9-15-18-17-12)4-11-7-6-10-3-2-8-14-13(10)16-11/h2-3,6-9H,1,4-5H2,(H,15,17,18). The third kappa shape index (κ3) is 2.34. The van der Waals surface area contributed by atoms with Crippen LogP contribution in [0.15, 0.2) is 36.7 Å². The first-order valence-corrected chi connectivity index (χ1v) is 5.97. The Balaban J connectivity index is 1.67. The minimum Gasteiger partial charge on any atom is -0.237 e. The van der Waals surface area contributed by atoms with Gasteiger partial charge >= 0.3 is 0 Å². The summed E-state index contributed by atoms with van der Waals surface area (Å²) in [6.45, 7) is 0. The zero-order valence-corrected chi connectivity index (χ0v) is 9.87. The Hall–Kier alpha value is -2.30. The predicted octanol–water partition coefficient (Wildman–Crippen LogP) is 1.92. The summed E-state index contributed by atoms with van der Waals surface area (Å²) in [6.07, 6.45) is 6.39. The van der Waals surface area contributed by atoms with Gasteiger partial charge in [0.2, 0.25) is 0 Å². The molecule has 90 valence electrons. The highest BCUT2D eigenvalue weighted by molar-refractivity contribution is 5.74. The Morgan fingerprint density at radius 2 is 2.00 bits per heavy atom. The van der Waals surface area contributed by atoms with Crippen molar-refractivity contribution >= 4 is 11.0 Å². The molecule has 5 nitrogen and oxygen atoms in total. The first-order valence-electron chi connectivity index (χ1n) is 5.97. The second kappa shape index (κ2) is 4.91. The number of aryl methyl sites for hydroxylation is 2. The van der Waals surface area contributed by atoms with Crippen LogP contribution in [0.2, 0.25) is 0 Å². The minimum absolute atomic E-state index is 0.816. The van der Waals surface area contributed by atoms with Crippen molar-refractivity contribution in [1.82, 2.24) is 25.4 Å².